The predicted octanol–water partition coefficient (Wildman–Crippen LogP) is 2.09. The summed E-state index contributed by atoms with van der Waals surface area (Å²) in [5.41, 5.74) is 2.96. The summed E-state index contributed by atoms with van der Waals surface area (Å²) < 4.78 is 1.95. The first-order chi connectivity index (χ1) is 12.7. The van der Waals surface area contributed by atoms with Crippen LogP contribution in [0, 0.1) is 5.92 Å². The van der Waals surface area contributed by atoms with Gasteiger partial charge in [-0.3, -0.25) is 9.48 Å². The molecule has 3 amide bonds. The monoisotopic (exact) mass is 373 g/mol. The summed E-state index contributed by atoms with van der Waals surface area (Å²) in [7, 11) is 0. The lowest BCUT2D eigenvalue weighted by Gasteiger charge is -2.34. The second-order valence-electron chi connectivity index (χ2n) is 6.91. The van der Waals surface area contributed by atoms with Crippen molar-refractivity contribution in [2.75, 3.05) is 6.54 Å². The van der Waals surface area contributed by atoms with Crippen molar-refractivity contribution in [2.24, 2.45) is 5.92 Å². The van der Waals surface area contributed by atoms with Crippen LogP contribution in [0.4, 0.5) is 4.79 Å². The Morgan fingerprint density at radius 3 is 2.81 bits per heavy atom. The van der Waals surface area contributed by atoms with Gasteiger partial charge in [0.05, 0.1) is 31.0 Å². The van der Waals surface area contributed by atoms with Gasteiger partial charge in [-0.1, -0.05) is 6.42 Å². The molecule has 0 saturated heterocycles. The molecule has 1 aliphatic carbocycles. The third-order valence-corrected chi connectivity index (χ3v) is 5.81. The minimum Gasteiger partial charge on any atom is -0.335 e. The first kappa shape index (κ1) is 17.1. The molecule has 7 nitrogen and oxygen atoms in total. The number of carbonyl (C=O) groups is 2. The van der Waals surface area contributed by atoms with Crippen LogP contribution in [-0.2, 0) is 31.0 Å². The fourth-order valence-electron chi connectivity index (χ4n) is 3.32. The molecule has 1 saturated carbocycles. The van der Waals surface area contributed by atoms with Gasteiger partial charge < -0.3 is 15.5 Å². The van der Waals surface area contributed by atoms with E-state index in [9.17, 15) is 9.59 Å². The number of nitrogens with one attached hydrogen (secondary N) is 2. The topological polar surface area (TPSA) is 79.3 Å². The van der Waals surface area contributed by atoms with E-state index in [2.05, 4.69) is 15.7 Å². The van der Waals surface area contributed by atoms with Gasteiger partial charge in [0.25, 0.3) is 0 Å². The van der Waals surface area contributed by atoms with Crippen molar-refractivity contribution in [3.63, 3.8) is 0 Å². The zero-order chi connectivity index (χ0) is 17.9. The Labute approximate surface area is 156 Å². The fraction of sp³-hybridized carbons (Fsp3) is 0.500. The van der Waals surface area contributed by atoms with Crippen molar-refractivity contribution in [2.45, 2.75) is 45.4 Å². The molecule has 2 N–H and O–H groups in total. The van der Waals surface area contributed by atoms with Crippen molar-refractivity contribution in [3.8, 4) is 0 Å². The summed E-state index contributed by atoms with van der Waals surface area (Å²) in [5.74, 6) is 0.522. The molecule has 1 aliphatic heterocycles. The molecule has 0 spiro atoms. The summed E-state index contributed by atoms with van der Waals surface area (Å²) in [4.78, 5) is 26.3. The van der Waals surface area contributed by atoms with Gasteiger partial charge in [-0.2, -0.15) is 16.4 Å². The van der Waals surface area contributed by atoms with Crippen LogP contribution >= 0.6 is 11.3 Å². The zero-order valence-electron chi connectivity index (χ0n) is 14.6. The highest BCUT2D eigenvalue weighted by molar-refractivity contribution is 7.07. The number of hydrogen-bond acceptors (Lipinski definition) is 4. The maximum atomic E-state index is 12.4. The molecule has 4 rings (SSSR count). The predicted molar refractivity (Wildman–Crippen MR) is 98.4 cm³/mol. The van der Waals surface area contributed by atoms with E-state index in [0.29, 0.717) is 19.6 Å². The van der Waals surface area contributed by atoms with Gasteiger partial charge >= 0.3 is 6.03 Å². The second kappa shape index (κ2) is 7.49. The molecule has 2 aromatic rings. The van der Waals surface area contributed by atoms with E-state index < -0.39 is 0 Å². The summed E-state index contributed by atoms with van der Waals surface area (Å²) >= 11 is 1.61. The van der Waals surface area contributed by atoms with Crippen molar-refractivity contribution in [3.05, 3.63) is 39.8 Å². The number of urea groups is 1. The van der Waals surface area contributed by atoms with Crippen molar-refractivity contribution in [1.29, 1.82) is 0 Å². The molecular formula is C18H23N5O2S. The quantitative estimate of drug-likeness (QED) is 0.842. The smallest absolute Gasteiger partial charge is 0.315 e. The number of rotatable bonds is 5. The highest BCUT2D eigenvalue weighted by Gasteiger charge is 2.31. The average molecular weight is 373 g/mol. The molecular weight excluding hydrogens is 350 g/mol. The molecule has 1 fully saturated rings. The molecule has 138 valence electrons. The number of hydrogen-bond donors (Lipinski definition) is 2. The maximum absolute atomic E-state index is 12.4. The van der Waals surface area contributed by atoms with E-state index in [1.54, 1.807) is 11.3 Å². The number of thiophene rings is 1. The number of nitrogens with zero attached hydrogens (tertiary/aromatic N) is 3. The zero-order valence-corrected chi connectivity index (χ0v) is 15.4. The van der Waals surface area contributed by atoms with Gasteiger partial charge in [-0.25, -0.2) is 4.79 Å². The molecule has 0 bridgehead atoms. The van der Waals surface area contributed by atoms with E-state index in [4.69, 9.17) is 0 Å². The molecule has 2 aliphatic rings. The lowest BCUT2D eigenvalue weighted by molar-refractivity contribution is -0.139. The maximum Gasteiger partial charge on any atom is 0.315 e. The molecule has 0 radical (unpaired) electrons. The molecule has 2 aromatic heterocycles. The van der Waals surface area contributed by atoms with Crippen LogP contribution in [-0.4, -0.2) is 33.2 Å². The van der Waals surface area contributed by atoms with Crippen LogP contribution in [0.15, 0.2) is 22.9 Å². The third kappa shape index (κ3) is 3.75. The van der Waals surface area contributed by atoms with E-state index in [-0.39, 0.29) is 17.9 Å². The van der Waals surface area contributed by atoms with Gasteiger partial charge in [-0.15, -0.1) is 0 Å². The number of carbonyl (C=O) groups excluding carboxylic acids is 2. The minimum atomic E-state index is -0.205. The third-order valence-electron chi connectivity index (χ3n) is 5.08. The van der Waals surface area contributed by atoms with Gasteiger partial charge in [0, 0.05) is 19.0 Å². The summed E-state index contributed by atoms with van der Waals surface area (Å²) in [5, 5.41) is 14.2. The Kier molecular flexibility index (Phi) is 4.92. The highest BCUT2D eigenvalue weighted by Crippen LogP contribution is 2.29. The Morgan fingerprint density at radius 1 is 1.23 bits per heavy atom. The summed E-state index contributed by atoms with van der Waals surface area (Å²) in [6.07, 6.45) is 3.24. The largest absolute Gasteiger partial charge is 0.335 e. The molecule has 26 heavy (non-hydrogen) atoms. The van der Waals surface area contributed by atoms with Crippen molar-refractivity contribution >= 4 is 23.3 Å². The average Bonchev–Trinajstić information content (AvgIpc) is 3.24. The Hall–Kier alpha value is -2.35. The van der Waals surface area contributed by atoms with E-state index in [1.807, 2.05) is 32.5 Å². The summed E-state index contributed by atoms with van der Waals surface area (Å²) in [6, 6.07) is 3.77. The molecule has 8 heteroatoms. The van der Waals surface area contributed by atoms with Crippen molar-refractivity contribution < 1.29 is 9.59 Å². The first-order valence-corrected chi connectivity index (χ1v) is 10.0. The number of aromatic nitrogens is 2. The van der Waals surface area contributed by atoms with Crippen LogP contribution in [0.2, 0.25) is 0 Å². The standard InChI is InChI=1S/C18H23N5O2S/c24-17(14-2-1-3-14)22-5-6-23-16(11-22)8-15(21-23)10-20-18(25)19-9-13-4-7-26-12-13/h4,7-8,12,14H,1-3,5-6,9-11H2,(H2,19,20,25). The van der Waals surface area contributed by atoms with Crippen LogP contribution in [0.3, 0.4) is 0 Å². The minimum absolute atomic E-state index is 0.205. The number of fused-ring (bicyclic) bond motifs is 1. The Balaban J connectivity index is 1.27. The van der Waals surface area contributed by atoms with Crippen LogP contribution in [0.25, 0.3) is 0 Å². The first-order valence-electron chi connectivity index (χ1n) is 9.06. The van der Waals surface area contributed by atoms with Crippen molar-refractivity contribution in [1.82, 2.24) is 25.3 Å². The van der Waals surface area contributed by atoms with Crippen LogP contribution in [0.1, 0.15) is 36.2 Å². The van der Waals surface area contributed by atoms with E-state index in [1.165, 1.54) is 6.42 Å². The van der Waals surface area contributed by atoms with Gasteiger partial charge in [0.1, 0.15) is 0 Å². The van der Waals surface area contributed by atoms with Gasteiger partial charge in [0.15, 0.2) is 0 Å². The fourth-order valence-corrected chi connectivity index (χ4v) is 3.99. The molecule has 0 atom stereocenters. The van der Waals surface area contributed by atoms with E-state index in [0.717, 1.165) is 42.9 Å². The highest BCUT2D eigenvalue weighted by atomic mass is 32.1. The van der Waals surface area contributed by atoms with Crippen LogP contribution in [0.5, 0.6) is 0 Å². The SMILES string of the molecule is O=C(NCc1ccsc1)NCc1cc2n(n1)CCN(C(=O)C1CCC1)C2. The van der Waals surface area contributed by atoms with Gasteiger partial charge in [-0.05, 0) is 41.3 Å². The lowest BCUT2D eigenvalue weighted by Crippen LogP contribution is -2.43. The van der Waals surface area contributed by atoms with Crippen LogP contribution < -0.4 is 10.6 Å². The van der Waals surface area contributed by atoms with Gasteiger partial charge in [0.2, 0.25) is 5.91 Å². The van der Waals surface area contributed by atoms with E-state index >= 15 is 0 Å². The Bertz CT molecular complexity index is 782. The lowest BCUT2D eigenvalue weighted by atomic mass is 9.84. The number of amides is 3. The second-order valence-corrected chi connectivity index (χ2v) is 7.69. The molecule has 0 aromatic carbocycles. The molecule has 3 heterocycles. The molecule has 0 unspecified atom stereocenters. The summed E-state index contributed by atoms with van der Waals surface area (Å²) in [6.45, 7) is 2.96. The Morgan fingerprint density at radius 2 is 2.08 bits per heavy atom. The normalized spacial score (nSPS) is 16.7.